The van der Waals surface area contributed by atoms with E-state index in [1.807, 2.05) is 6.07 Å². The van der Waals surface area contributed by atoms with E-state index in [9.17, 15) is 0 Å². The Morgan fingerprint density at radius 2 is 0.831 bits per heavy atom. The third-order valence-corrected chi connectivity index (χ3v) is 14.3. The molecule has 12 aromatic rings. The Morgan fingerprint density at radius 1 is 0.308 bits per heavy atom. The molecular formula is C63H39NO. The minimum absolute atomic E-state index is 0.464. The lowest BCUT2D eigenvalue weighted by atomic mass is 9.70. The zero-order chi connectivity index (χ0) is 42.6. The molecule has 0 unspecified atom stereocenters. The molecule has 302 valence electrons. The largest absolute Gasteiger partial charge is 0.454 e. The maximum Gasteiger partial charge on any atom is 0.159 e. The summed E-state index contributed by atoms with van der Waals surface area (Å²) in [4.78, 5) is 2.40. The molecule has 1 heterocycles. The summed E-state index contributed by atoms with van der Waals surface area (Å²) in [6.07, 6.45) is 0. The van der Waals surface area contributed by atoms with Gasteiger partial charge in [-0.25, -0.2) is 0 Å². The third kappa shape index (κ3) is 5.11. The average molecular weight is 826 g/mol. The van der Waals surface area contributed by atoms with Crippen LogP contribution in [0.15, 0.2) is 241 Å². The van der Waals surface area contributed by atoms with Gasteiger partial charge in [-0.05, 0) is 137 Å². The molecule has 65 heavy (non-hydrogen) atoms. The number of rotatable bonds is 5. The van der Waals surface area contributed by atoms with Gasteiger partial charge in [-0.1, -0.05) is 188 Å². The van der Waals surface area contributed by atoms with Crippen molar-refractivity contribution in [3.63, 3.8) is 0 Å². The van der Waals surface area contributed by atoms with Crippen molar-refractivity contribution in [3.05, 3.63) is 259 Å². The molecule has 0 atom stereocenters. The van der Waals surface area contributed by atoms with Crippen molar-refractivity contribution in [2.75, 3.05) is 4.90 Å². The van der Waals surface area contributed by atoms with Crippen LogP contribution in [0.1, 0.15) is 22.3 Å². The summed E-state index contributed by atoms with van der Waals surface area (Å²) in [7, 11) is 0. The lowest BCUT2D eigenvalue weighted by Crippen LogP contribution is -2.26. The fourth-order valence-corrected chi connectivity index (χ4v) is 11.5. The monoisotopic (exact) mass is 825 g/mol. The molecule has 2 aliphatic carbocycles. The highest BCUT2D eigenvalue weighted by molar-refractivity contribution is 6.11. The molecule has 0 fully saturated rings. The summed E-state index contributed by atoms with van der Waals surface area (Å²) < 4.78 is 6.82. The van der Waals surface area contributed by atoms with E-state index in [4.69, 9.17) is 4.42 Å². The van der Waals surface area contributed by atoms with Crippen molar-refractivity contribution in [3.8, 4) is 44.5 Å². The van der Waals surface area contributed by atoms with Gasteiger partial charge in [-0.2, -0.15) is 0 Å². The second-order valence-corrected chi connectivity index (χ2v) is 17.5. The Morgan fingerprint density at radius 3 is 1.55 bits per heavy atom. The fraction of sp³-hybridized carbons (Fsp3) is 0.0159. The van der Waals surface area contributed by atoms with E-state index in [0.717, 1.165) is 44.6 Å². The first-order chi connectivity index (χ1) is 32.2. The molecule has 0 aliphatic heterocycles. The lowest BCUT2D eigenvalue weighted by Gasteiger charge is -2.32. The van der Waals surface area contributed by atoms with Gasteiger partial charge in [0.1, 0.15) is 5.58 Å². The molecule has 1 spiro atoms. The van der Waals surface area contributed by atoms with Gasteiger partial charge >= 0.3 is 0 Å². The van der Waals surface area contributed by atoms with Crippen molar-refractivity contribution >= 4 is 60.5 Å². The van der Waals surface area contributed by atoms with Gasteiger partial charge in [-0.15, -0.1) is 0 Å². The summed E-state index contributed by atoms with van der Waals surface area (Å²) in [5.74, 6) is 0. The van der Waals surface area contributed by atoms with E-state index < -0.39 is 5.41 Å². The molecule has 0 N–H and O–H groups in total. The maximum atomic E-state index is 6.82. The molecule has 0 radical (unpaired) electrons. The lowest BCUT2D eigenvalue weighted by molar-refractivity contribution is 0.669. The zero-order valence-electron chi connectivity index (χ0n) is 35.4. The first kappa shape index (κ1) is 36.1. The average Bonchev–Trinajstić information content (AvgIpc) is 4.01. The van der Waals surface area contributed by atoms with Gasteiger partial charge in [0.15, 0.2) is 5.58 Å². The molecule has 0 saturated carbocycles. The van der Waals surface area contributed by atoms with Gasteiger partial charge in [0.2, 0.25) is 0 Å². The van der Waals surface area contributed by atoms with E-state index in [1.165, 1.54) is 82.7 Å². The summed E-state index contributed by atoms with van der Waals surface area (Å²) in [5, 5.41) is 7.18. The predicted octanol–water partition coefficient (Wildman–Crippen LogP) is 17.0. The zero-order valence-corrected chi connectivity index (χ0v) is 35.4. The van der Waals surface area contributed by atoms with Crippen molar-refractivity contribution < 1.29 is 4.42 Å². The number of benzene rings is 11. The van der Waals surface area contributed by atoms with Crippen LogP contribution in [0.4, 0.5) is 17.1 Å². The molecule has 1 aromatic heterocycles. The number of hydrogen-bond acceptors (Lipinski definition) is 2. The molecular weight excluding hydrogens is 787 g/mol. The highest BCUT2D eigenvalue weighted by atomic mass is 16.3. The van der Waals surface area contributed by atoms with E-state index >= 15 is 0 Å². The highest BCUT2D eigenvalue weighted by Gasteiger charge is 2.51. The van der Waals surface area contributed by atoms with Crippen LogP contribution in [0, 0.1) is 0 Å². The van der Waals surface area contributed by atoms with Crippen molar-refractivity contribution in [2.45, 2.75) is 5.41 Å². The Kier molecular flexibility index (Phi) is 7.64. The molecule has 0 bridgehead atoms. The van der Waals surface area contributed by atoms with E-state index in [0.29, 0.717) is 0 Å². The van der Waals surface area contributed by atoms with E-state index in [1.54, 1.807) is 0 Å². The van der Waals surface area contributed by atoms with Crippen LogP contribution >= 0.6 is 0 Å². The smallest absolute Gasteiger partial charge is 0.159 e. The summed E-state index contributed by atoms with van der Waals surface area (Å²) in [6.45, 7) is 0. The number of para-hydroxylation sites is 2. The normalized spacial score (nSPS) is 13.0. The third-order valence-electron chi connectivity index (χ3n) is 14.3. The van der Waals surface area contributed by atoms with Crippen molar-refractivity contribution in [2.24, 2.45) is 0 Å². The molecule has 2 heteroatoms. The second-order valence-electron chi connectivity index (χ2n) is 17.5. The number of anilines is 3. The summed E-state index contributed by atoms with van der Waals surface area (Å²) in [6, 6.07) is 87.0. The second kappa shape index (κ2) is 13.8. The Balaban J connectivity index is 0.981. The minimum atomic E-state index is -0.464. The van der Waals surface area contributed by atoms with Gasteiger partial charge in [0.25, 0.3) is 0 Å². The van der Waals surface area contributed by atoms with Crippen LogP contribution in [0.3, 0.4) is 0 Å². The van der Waals surface area contributed by atoms with Crippen LogP contribution in [0.5, 0.6) is 0 Å². The molecule has 14 rings (SSSR count). The van der Waals surface area contributed by atoms with Crippen LogP contribution in [-0.2, 0) is 5.41 Å². The number of fused-ring (bicyclic) bond motifs is 15. The van der Waals surface area contributed by atoms with Crippen molar-refractivity contribution in [1.82, 2.24) is 0 Å². The first-order valence-electron chi connectivity index (χ1n) is 22.5. The molecule has 0 saturated heterocycles. The molecule has 2 aliphatic rings. The molecule has 2 nitrogen and oxygen atoms in total. The number of furan rings is 1. The van der Waals surface area contributed by atoms with Crippen LogP contribution < -0.4 is 4.90 Å². The predicted molar refractivity (Wildman–Crippen MR) is 271 cm³/mol. The Bertz CT molecular complexity index is 3840. The van der Waals surface area contributed by atoms with E-state index in [-0.39, 0.29) is 0 Å². The summed E-state index contributed by atoms with van der Waals surface area (Å²) in [5.41, 5.74) is 19.7. The SMILES string of the molecule is c1ccc2c(c1)-c1ccccc1C21c2ccccc2-c2ccc(N(c3ccc(-c4cc(-c5cccc6ccccc56)c5ccccc5c4)cc3)c3cccc4c3oc3ccccc34)cc21. The number of nitrogens with zero attached hydrogens (tertiary/aromatic N) is 1. The van der Waals surface area contributed by atoms with Gasteiger partial charge in [-0.3, -0.25) is 0 Å². The highest BCUT2D eigenvalue weighted by Crippen LogP contribution is 2.63. The minimum Gasteiger partial charge on any atom is -0.454 e. The van der Waals surface area contributed by atoms with Crippen molar-refractivity contribution in [1.29, 1.82) is 0 Å². The van der Waals surface area contributed by atoms with Crippen LogP contribution in [0.25, 0.3) is 88.0 Å². The van der Waals surface area contributed by atoms with Crippen LogP contribution in [0.2, 0.25) is 0 Å². The Hall–Kier alpha value is -8.46. The van der Waals surface area contributed by atoms with Gasteiger partial charge < -0.3 is 9.32 Å². The number of hydrogen-bond donors (Lipinski definition) is 0. The first-order valence-corrected chi connectivity index (χ1v) is 22.5. The Labute approximate surface area is 376 Å². The fourth-order valence-electron chi connectivity index (χ4n) is 11.5. The van der Waals surface area contributed by atoms with E-state index in [2.05, 4.69) is 235 Å². The standard InChI is InChI=1S/C63H39NO/c1-3-18-46-41(15-1)17-13-24-48(46)55-38-43(37-42-16-2-4-19-47(42)55)40-31-33-44(34-32-40)64(60-29-14-25-54-53-23-8-12-30-61(53)65-62(54)60)45-35-36-52-51-22-7-11-28-58(51)63(59(52)39-45)56-26-9-5-20-49(56)50-21-6-10-27-57(50)63/h1-39H. The van der Waals surface area contributed by atoms with Gasteiger partial charge in [0.05, 0.1) is 11.1 Å². The topological polar surface area (TPSA) is 16.4 Å². The van der Waals surface area contributed by atoms with Crippen LogP contribution in [-0.4, -0.2) is 0 Å². The quantitative estimate of drug-likeness (QED) is 0.172. The van der Waals surface area contributed by atoms with Gasteiger partial charge in [0, 0.05) is 22.1 Å². The maximum absolute atomic E-state index is 6.82. The molecule has 11 aromatic carbocycles. The summed E-state index contributed by atoms with van der Waals surface area (Å²) >= 11 is 0. The molecule has 0 amide bonds.